The van der Waals surface area contributed by atoms with Crippen LogP contribution in [0, 0.1) is 5.92 Å². The molecule has 0 bridgehead atoms. The maximum absolute atomic E-state index is 6.68. The number of ether oxygens (including phenoxy) is 1. The van der Waals surface area contributed by atoms with Gasteiger partial charge in [0.2, 0.25) is 0 Å². The number of benzene rings is 1. The molecular formula is C15H21NO. The summed E-state index contributed by atoms with van der Waals surface area (Å²) >= 11 is 0. The number of rotatable bonds is 1. The Morgan fingerprint density at radius 1 is 1.35 bits per heavy atom. The standard InChI is InChI=1S/C15H21NO/c1-11-4-2-3-8-15(11,16)13-5-6-14-12(10-13)7-9-17-14/h5-6,10-11H,2-4,7-9,16H2,1H3. The van der Waals surface area contributed by atoms with Crippen LogP contribution in [0.2, 0.25) is 0 Å². The van der Waals surface area contributed by atoms with Gasteiger partial charge in [0.15, 0.2) is 0 Å². The van der Waals surface area contributed by atoms with Gasteiger partial charge in [0.05, 0.1) is 6.61 Å². The fraction of sp³-hybridized carbons (Fsp3) is 0.600. The van der Waals surface area contributed by atoms with Crippen LogP contribution in [0.5, 0.6) is 5.75 Å². The molecule has 0 radical (unpaired) electrons. The molecule has 1 heterocycles. The van der Waals surface area contributed by atoms with Crippen LogP contribution in [-0.4, -0.2) is 6.61 Å². The van der Waals surface area contributed by atoms with E-state index in [-0.39, 0.29) is 5.54 Å². The summed E-state index contributed by atoms with van der Waals surface area (Å²) in [6.45, 7) is 3.12. The molecule has 0 saturated heterocycles. The lowest BCUT2D eigenvalue weighted by Gasteiger charge is -2.40. The normalized spacial score (nSPS) is 32.0. The smallest absolute Gasteiger partial charge is 0.122 e. The van der Waals surface area contributed by atoms with Crippen molar-refractivity contribution in [2.24, 2.45) is 11.7 Å². The van der Waals surface area contributed by atoms with Gasteiger partial charge in [0.25, 0.3) is 0 Å². The molecular weight excluding hydrogens is 210 g/mol. The number of nitrogens with two attached hydrogens (primary N) is 1. The van der Waals surface area contributed by atoms with Crippen LogP contribution in [-0.2, 0) is 12.0 Å². The Morgan fingerprint density at radius 3 is 3.06 bits per heavy atom. The zero-order valence-corrected chi connectivity index (χ0v) is 10.5. The summed E-state index contributed by atoms with van der Waals surface area (Å²) in [5, 5.41) is 0. The predicted molar refractivity (Wildman–Crippen MR) is 69.1 cm³/mol. The average Bonchev–Trinajstić information content (AvgIpc) is 2.80. The second-order valence-electron chi connectivity index (χ2n) is 5.61. The molecule has 0 amide bonds. The maximum atomic E-state index is 6.68. The van der Waals surface area contributed by atoms with Gasteiger partial charge in [-0.15, -0.1) is 0 Å². The SMILES string of the molecule is CC1CCCCC1(N)c1ccc2c(c1)CCO2. The van der Waals surface area contributed by atoms with Crippen LogP contribution < -0.4 is 10.5 Å². The largest absolute Gasteiger partial charge is 0.493 e. The van der Waals surface area contributed by atoms with E-state index in [1.165, 1.54) is 30.4 Å². The van der Waals surface area contributed by atoms with Gasteiger partial charge in [-0.1, -0.05) is 31.9 Å². The molecule has 2 atom stereocenters. The molecule has 2 aliphatic rings. The van der Waals surface area contributed by atoms with Gasteiger partial charge in [0.1, 0.15) is 5.75 Å². The summed E-state index contributed by atoms with van der Waals surface area (Å²) in [4.78, 5) is 0. The highest BCUT2D eigenvalue weighted by Crippen LogP contribution is 2.41. The molecule has 1 fully saturated rings. The zero-order valence-electron chi connectivity index (χ0n) is 10.5. The van der Waals surface area contributed by atoms with E-state index in [9.17, 15) is 0 Å². The molecule has 0 spiro atoms. The van der Waals surface area contributed by atoms with E-state index in [0.29, 0.717) is 5.92 Å². The molecule has 17 heavy (non-hydrogen) atoms. The van der Waals surface area contributed by atoms with Crippen LogP contribution in [0.1, 0.15) is 43.7 Å². The minimum atomic E-state index is -0.115. The van der Waals surface area contributed by atoms with E-state index in [4.69, 9.17) is 10.5 Å². The van der Waals surface area contributed by atoms with E-state index >= 15 is 0 Å². The Balaban J connectivity index is 1.97. The number of fused-ring (bicyclic) bond motifs is 1. The molecule has 1 aromatic carbocycles. The molecule has 92 valence electrons. The summed E-state index contributed by atoms with van der Waals surface area (Å²) < 4.78 is 5.56. The van der Waals surface area contributed by atoms with Crippen molar-refractivity contribution in [3.63, 3.8) is 0 Å². The Bertz CT molecular complexity index is 429. The molecule has 1 saturated carbocycles. The molecule has 3 rings (SSSR count). The second kappa shape index (κ2) is 4.02. The lowest BCUT2D eigenvalue weighted by Crippen LogP contribution is -2.45. The van der Waals surface area contributed by atoms with Crippen molar-refractivity contribution in [3.8, 4) is 5.75 Å². The Hall–Kier alpha value is -1.02. The first-order valence-electron chi connectivity index (χ1n) is 6.75. The zero-order chi connectivity index (χ0) is 11.9. The van der Waals surface area contributed by atoms with Crippen molar-refractivity contribution in [1.82, 2.24) is 0 Å². The summed E-state index contributed by atoms with van der Waals surface area (Å²) in [5.41, 5.74) is 9.21. The van der Waals surface area contributed by atoms with Crippen LogP contribution >= 0.6 is 0 Å². The minimum absolute atomic E-state index is 0.115. The average molecular weight is 231 g/mol. The van der Waals surface area contributed by atoms with Gasteiger partial charge in [-0.25, -0.2) is 0 Å². The van der Waals surface area contributed by atoms with Crippen molar-refractivity contribution in [3.05, 3.63) is 29.3 Å². The third-order valence-corrected chi connectivity index (χ3v) is 4.58. The molecule has 2 heteroatoms. The molecule has 1 aliphatic heterocycles. The van der Waals surface area contributed by atoms with E-state index in [1.54, 1.807) is 0 Å². The van der Waals surface area contributed by atoms with Crippen molar-refractivity contribution >= 4 is 0 Å². The van der Waals surface area contributed by atoms with Gasteiger partial charge >= 0.3 is 0 Å². The van der Waals surface area contributed by atoms with Gasteiger partial charge < -0.3 is 10.5 Å². The highest BCUT2D eigenvalue weighted by atomic mass is 16.5. The topological polar surface area (TPSA) is 35.2 Å². The quantitative estimate of drug-likeness (QED) is 0.806. The van der Waals surface area contributed by atoms with Crippen LogP contribution in [0.4, 0.5) is 0 Å². The first-order valence-corrected chi connectivity index (χ1v) is 6.75. The van der Waals surface area contributed by atoms with Crippen molar-refractivity contribution in [2.45, 2.75) is 44.6 Å². The highest BCUT2D eigenvalue weighted by molar-refractivity contribution is 5.42. The van der Waals surface area contributed by atoms with E-state index in [0.717, 1.165) is 25.2 Å². The Kier molecular flexibility index (Phi) is 2.62. The summed E-state index contributed by atoms with van der Waals surface area (Å²) in [6.07, 6.45) is 5.99. The summed E-state index contributed by atoms with van der Waals surface area (Å²) in [5.74, 6) is 1.64. The molecule has 2 unspecified atom stereocenters. The summed E-state index contributed by atoms with van der Waals surface area (Å²) in [6, 6.07) is 6.56. The maximum Gasteiger partial charge on any atom is 0.122 e. The molecule has 2 N–H and O–H groups in total. The Morgan fingerprint density at radius 2 is 2.24 bits per heavy atom. The van der Waals surface area contributed by atoms with Crippen molar-refractivity contribution < 1.29 is 4.74 Å². The lowest BCUT2D eigenvalue weighted by molar-refractivity contribution is 0.207. The predicted octanol–water partition coefficient (Wildman–Crippen LogP) is 2.99. The van der Waals surface area contributed by atoms with Gasteiger partial charge in [-0.2, -0.15) is 0 Å². The molecule has 2 nitrogen and oxygen atoms in total. The van der Waals surface area contributed by atoms with E-state index in [2.05, 4.69) is 25.1 Å². The minimum Gasteiger partial charge on any atom is -0.493 e. The highest BCUT2D eigenvalue weighted by Gasteiger charge is 2.36. The first kappa shape index (κ1) is 11.1. The van der Waals surface area contributed by atoms with Gasteiger partial charge in [-0.3, -0.25) is 0 Å². The lowest BCUT2D eigenvalue weighted by atomic mass is 9.70. The van der Waals surface area contributed by atoms with Crippen molar-refractivity contribution in [2.75, 3.05) is 6.61 Å². The fourth-order valence-corrected chi connectivity index (χ4v) is 3.28. The number of hydrogen-bond acceptors (Lipinski definition) is 2. The van der Waals surface area contributed by atoms with Crippen LogP contribution in [0.25, 0.3) is 0 Å². The Labute approximate surface area is 103 Å². The second-order valence-corrected chi connectivity index (χ2v) is 5.61. The first-order chi connectivity index (χ1) is 8.20. The molecule has 1 aromatic rings. The van der Waals surface area contributed by atoms with Gasteiger partial charge in [0, 0.05) is 12.0 Å². The molecule has 1 aliphatic carbocycles. The fourth-order valence-electron chi connectivity index (χ4n) is 3.28. The van der Waals surface area contributed by atoms with Crippen LogP contribution in [0.15, 0.2) is 18.2 Å². The summed E-state index contributed by atoms with van der Waals surface area (Å²) in [7, 11) is 0. The number of hydrogen-bond donors (Lipinski definition) is 1. The van der Waals surface area contributed by atoms with Gasteiger partial charge in [-0.05, 0) is 36.0 Å². The third-order valence-electron chi connectivity index (χ3n) is 4.58. The van der Waals surface area contributed by atoms with E-state index < -0.39 is 0 Å². The van der Waals surface area contributed by atoms with E-state index in [1.807, 2.05) is 0 Å². The van der Waals surface area contributed by atoms with Crippen LogP contribution in [0.3, 0.4) is 0 Å². The monoisotopic (exact) mass is 231 g/mol. The third kappa shape index (κ3) is 1.75. The van der Waals surface area contributed by atoms with Crippen molar-refractivity contribution in [1.29, 1.82) is 0 Å². The molecule has 0 aromatic heterocycles.